The number of carbonyl (C=O) groups excluding carboxylic acids is 1. The third-order valence-corrected chi connectivity index (χ3v) is 5.48. The van der Waals surface area contributed by atoms with E-state index in [2.05, 4.69) is 12.7 Å². The van der Waals surface area contributed by atoms with Crippen LogP contribution in [0, 0.1) is 0 Å². The standard InChI is InChI=1S/C27H26F6O4/c1-18-7-4-2-3-5-11-35-22-9-10-24(36-12-6-8-18)23(16-22)25(34)37-17-19-13-20(26(28,29)30)15-21(14-19)27(31,32)33/h4,7,9-10,13-16H,1-3,5-6,8,11-12,17H2/b7-4-. The van der Waals surface area contributed by atoms with Crippen molar-refractivity contribution in [1.29, 1.82) is 0 Å². The first kappa shape index (κ1) is 28.1. The van der Waals surface area contributed by atoms with Crippen molar-refractivity contribution in [3.8, 4) is 11.5 Å². The van der Waals surface area contributed by atoms with Gasteiger partial charge in [0.15, 0.2) is 0 Å². The molecule has 0 saturated carbocycles. The zero-order valence-electron chi connectivity index (χ0n) is 19.9. The molecule has 2 aromatic rings. The molecule has 2 aromatic carbocycles. The van der Waals surface area contributed by atoms with Crippen LogP contribution in [-0.4, -0.2) is 19.2 Å². The summed E-state index contributed by atoms with van der Waals surface area (Å²) in [4.78, 5) is 12.9. The van der Waals surface area contributed by atoms with Gasteiger partial charge in [-0.25, -0.2) is 4.79 Å². The van der Waals surface area contributed by atoms with Crippen molar-refractivity contribution < 1.29 is 45.3 Å². The van der Waals surface area contributed by atoms with Crippen molar-refractivity contribution in [2.45, 2.75) is 51.1 Å². The normalized spacial score (nSPS) is 16.5. The molecule has 0 aromatic heterocycles. The van der Waals surface area contributed by atoms with E-state index in [1.807, 2.05) is 6.08 Å². The topological polar surface area (TPSA) is 44.8 Å². The van der Waals surface area contributed by atoms with Gasteiger partial charge in [-0.3, -0.25) is 0 Å². The minimum Gasteiger partial charge on any atom is -0.494 e. The minimum atomic E-state index is -5.01. The summed E-state index contributed by atoms with van der Waals surface area (Å²) >= 11 is 0. The van der Waals surface area contributed by atoms with Crippen LogP contribution >= 0.6 is 0 Å². The number of benzene rings is 2. The third-order valence-electron chi connectivity index (χ3n) is 5.48. The Morgan fingerprint density at radius 2 is 1.57 bits per heavy atom. The van der Waals surface area contributed by atoms with Crippen molar-refractivity contribution in [3.05, 3.63) is 83.0 Å². The predicted octanol–water partition coefficient (Wildman–Crippen LogP) is 7.92. The Hall–Kier alpha value is -3.43. The molecule has 37 heavy (non-hydrogen) atoms. The molecule has 2 heterocycles. The fourth-order valence-electron chi connectivity index (χ4n) is 3.58. The van der Waals surface area contributed by atoms with Gasteiger partial charge in [0.25, 0.3) is 0 Å². The van der Waals surface area contributed by atoms with E-state index in [1.54, 1.807) is 6.07 Å². The first-order chi connectivity index (χ1) is 17.4. The number of hydrogen-bond acceptors (Lipinski definition) is 4. The van der Waals surface area contributed by atoms with Crippen molar-refractivity contribution >= 4 is 5.97 Å². The van der Waals surface area contributed by atoms with Crippen LogP contribution in [0.5, 0.6) is 11.5 Å². The number of esters is 1. The molecule has 0 aliphatic carbocycles. The highest BCUT2D eigenvalue weighted by molar-refractivity contribution is 5.93. The maximum absolute atomic E-state index is 13.1. The molecule has 0 spiro atoms. The molecular formula is C27H26F6O4. The molecule has 0 saturated heterocycles. The van der Waals surface area contributed by atoms with Gasteiger partial charge in [-0.2, -0.15) is 26.3 Å². The van der Waals surface area contributed by atoms with Crippen molar-refractivity contribution in [1.82, 2.24) is 0 Å². The van der Waals surface area contributed by atoms with Crippen LogP contribution in [0.4, 0.5) is 26.3 Å². The Kier molecular flexibility index (Phi) is 9.29. The summed E-state index contributed by atoms with van der Waals surface area (Å²) < 4.78 is 95.3. The number of fused-ring (bicyclic) bond motifs is 12. The molecule has 2 aliphatic rings. The van der Waals surface area contributed by atoms with E-state index in [4.69, 9.17) is 14.2 Å². The molecule has 0 fully saturated rings. The number of carbonyl (C=O) groups is 1. The van der Waals surface area contributed by atoms with Gasteiger partial charge < -0.3 is 14.2 Å². The third kappa shape index (κ3) is 8.58. The molecular weight excluding hydrogens is 502 g/mol. The molecule has 0 unspecified atom stereocenters. The van der Waals surface area contributed by atoms with Crippen LogP contribution in [0.2, 0.25) is 0 Å². The number of allylic oxidation sites excluding steroid dienone is 3. The summed E-state index contributed by atoms with van der Waals surface area (Å²) in [5.74, 6) is -0.459. The lowest BCUT2D eigenvalue weighted by Crippen LogP contribution is -2.13. The van der Waals surface area contributed by atoms with E-state index in [1.165, 1.54) is 12.1 Å². The van der Waals surface area contributed by atoms with Gasteiger partial charge in [0.2, 0.25) is 0 Å². The van der Waals surface area contributed by atoms with E-state index in [0.29, 0.717) is 37.3 Å². The van der Waals surface area contributed by atoms with Crippen LogP contribution in [0.3, 0.4) is 0 Å². The Bertz CT molecular complexity index is 1100. The minimum absolute atomic E-state index is 0.0155. The lowest BCUT2D eigenvalue weighted by molar-refractivity contribution is -0.143. The first-order valence-corrected chi connectivity index (χ1v) is 11.6. The highest BCUT2D eigenvalue weighted by Gasteiger charge is 2.37. The quantitative estimate of drug-likeness (QED) is 0.300. The molecule has 2 bridgehead atoms. The van der Waals surface area contributed by atoms with Gasteiger partial charge in [0.1, 0.15) is 23.7 Å². The monoisotopic (exact) mass is 528 g/mol. The summed E-state index contributed by atoms with van der Waals surface area (Å²) in [6, 6.07) is 5.56. The van der Waals surface area contributed by atoms with Crippen molar-refractivity contribution in [3.63, 3.8) is 0 Å². The van der Waals surface area contributed by atoms with Crippen molar-refractivity contribution in [2.75, 3.05) is 13.2 Å². The number of alkyl halides is 6. The summed E-state index contributed by atoms with van der Waals surface area (Å²) in [7, 11) is 0. The fraction of sp³-hybridized carbons (Fsp3) is 0.370. The van der Waals surface area contributed by atoms with Gasteiger partial charge in [0, 0.05) is 0 Å². The molecule has 0 amide bonds. The van der Waals surface area contributed by atoms with E-state index in [9.17, 15) is 31.1 Å². The zero-order chi connectivity index (χ0) is 27.1. The molecule has 0 atom stereocenters. The van der Waals surface area contributed by atoms with Gasteiger partial charge in [-0.1, -0.05) is 24.3 Å². The number of halogens is 6. The molecule has 10 heteroatoms. The molecule has 4 rings (SSSR count). The molecule has 200 valence electrons. The number of ether oxygens (including phenoxy) is 3. The Balaban J connectivity index is 1.80. The van der Waals surface area contributed by atoms with Gasteiger partial charge in [0.05, 0.1) is 24.3 Å². The Morgan fingerprint density at radius 3 is 2.24 bits per heavy atom. The number of hydrogen-bond donors (Lipinski definition) is 0. The zero-order valence-corrected chi connectivity index (χ0v) is 19.9. The van der Waals surface area contributed by atoms with Crippen LogP contribution in [0.25, 0.3) is 0 Å². The lowest BCUT2D eigenvalue weighted by Gasteiger charge is -2.16. The molecule has 0 radical (unpaired) electrons. The predicted molar refractivity (Wildman–Crippen MR) is 124 cm³/mol. The Labute approximate surface area is 210 Å². The average Bonchev–Trinajstić information content (AvgIpc) is 2.83. The summed E-state index contributed by atoms with van der Waals surface area (Å²) in [5, 5.41) is 0. The summed E-state index contributed by atoms with van der Waals surface area (Å²) in [5.41, 5.74) is -2.55. The second-order valence-electron chi connectivity index (χ2n) is 8.51. The number of rotatable bonds is 3. The van der Waals surface area contributed by atoms with Gasteiger partial charge >= 0.3 is 18.3 Å². The molecule has 4 nitrogen and oxygen atoms in total. The second-order valence-corrected chi connectivity index (χ2v) is 8.51. The lowest BCUT2D eigenvalue weighted by atomic mass is 10.1. The first-order valence-electron chi connectivity index (χ1n) is 11.6. The van der Waals surface area contributed by atoms with Gasteiger partial charge in [-0.15, -0.1) is 0 Å². The summed E-state index contributed by atoms with van der Waals surface area (Å²) in [6.07, 6.45) is -2.21. The van der Waals surface area contributed by atoms with Gasteiger partial charge in [-0.05, 0) is 74.1 Å². The maximum atomic E-state index is 13.1. The van der Waals surface area contributed by atoms with Crippen LogP contribution < -0.4 is 9.47 Å². The van der Waals surface area contributed by atoms with E-state index in [0.717, 1.165) is 24.8 Å². The van der Waals surface area contributed by atoms with Crippen molar-refractivity contribution in [2.24, 2.45) is 0 Å². The second kappa shape index (κ2) is 12.2. The Morgan fingerprint density at radius 1 is 0.892 bits per heavy atom. The van der Waals surface area contributed by atoms with E-state index >= 15 is 0 Å². The average molecular weight is 528 g/mol. The highest BCUT2D eigenvalue weighted by atomic mass is 19.4. The highest BCUT2D eigenvalue weighted by Crippen LogP contribution is 2.36. The fourth-order valence-corrected chi connectivity index (χ4v) is 3.58. The van der Waals surface area contributed by atoms with Crippen LogP contribution in [0.1, 0.15) is 59.2 Å². The molecule has 2 aliphatic heterocycles. The van der Waals surface area contributed by atoms with E-state index < -0.39 is 41.6 Å². The largest absolute Gasteiger partial charge is 0.494 e. The van der Waals surface area contributed by atoms with Crippen LogP contribution in [-0.2, 0) is 23.7 Å². The molecule has 0 N–H and O–H groups in total. The van der Waals surface area contributed by atoms with E-state index in [-0.39, 0.29) is 24.0 Å². The SMILES string of the molecule is C=C1/C=C\CCCCOc2ccc(c(C(=O)OCc3cc(C(F)(F)F)cc(C(F)(F)F)c3)c2)OCCC1. The maximum Gasteiger partial charge on any atom is 0.416 e. The van der Waals surface area contributed by atoms with Crippen LogP contribution in [0.15, 0.2) is 60.7 Å². The smallest absolute Gasteiger partial charge is 0.416 e. The summed E-state index contributed by atoms with van der Waals surface area (Å²) in [6.45, 7) is 3.81.